The number of carbonyl (C=O) groups is 1. The van der Waals surface area contributed by atoms with Crippen molar-refractivity contribution in [2.24, 2.45) is 5.92 Å². The van der Waals surface area contributed by atoms with Gasteiger partial charge in [0.1, 0.15) is 0 Å². The molecule has 0 saturated carbocycles. The second-order valence-corrected chi connectivity index (χ2v) is 10.6. The van der Waals surface area contributed by atoms with Crippen LogP contribution in [0, 0.1) is 26.7 Å². The molecule has 2 aromatic rings. The van der Waals surface area contributed by atoms with E-state index in [1.165, 1.54) is 9.87 Å². The zero-order valence-corrected chi connectivity index (χ0v) is 19.3. The first-order chi connectivity index (χ1) is 14.1. The highest BCUT2D eigenvalue weighted by Gasteiger charge is 2.34. The second kappa shape index (κ2) is 8.90. The number of benzene rings is 2. The normalized spacial score (nSPS) is 17.9. The van der Waals surface area contributed by atoms with Gasteiger partial charge in [-0.05, 0) is 68.4 Å². The molecule has 162 valence electrons. The smallest absolute Gasteiger partial charge is 0.243 e. The van der Waals surface area contributed by atoms with Gasteiger partial charge in [0, 0.05) is 18.8 Å². The van der Waals surface area contributed by atoms with Crippen LogP contribution in [0.15, 0.2) is 41.3 Å². The number of sulfonamides is 1. The molecule has 1 heterocycles. The lowest BCUT2D eigenvalue weighted by molar-refractivity contribution is -0.120. The average Bonchev–Trinajstić information content (AvgIpc) is 2.67. The molecule has 2 aromatic carbocycles. The molecule has 6 heteroatoms. The van der Waals surface area contributed by atoms with Crippen molar-refractivity contribution in [1.82, 2.24) is 4.31 Å². The van der Waals surface area contributed by atoms with Gasteiger partial charge in [-0.3, -0.25) is 4.79 Å². The van der Waals surface area contributed by atoms with Crippen LogP contribution in [-0.4, -0.2) is 31.7 Å². The van der Waals surface area contributed by atoms with Crippen molar-refractivity contribution in [3.63, 3.8) is 0 Å². The van der Waals surface area contributed by atoms with Crippen LogP contribution >= 0.6 is 0 Å². The highest BCUT2D eigenvalue weighted by atomic mass is 32.2. The van der Waals surface area contributed by atoms with E-state index in [2.05, 4.69) is 19.2 Å². The van der Waals surface area contributed by atoms with Gasteiger partial charge in [0.05, 0.1) is 10.8 Å². The van der Waals surface area contributed by atoms with E-state index in [0.29, 0.717) is 30.2 Å². The standard InChI is InChI=1S/C24H32N2O3S/c1-16(2)20-8-10-22(11-9-20)25-24(27)21-7-6-12-26(15-21)30(28,29)23-18(4)13-17(3)14-19(23)5/h8-11,13-14,16,21H,6-7,12,15H2,1-5H3,(H,25,27)/t21-/m1/s1. The number of nitrogens with zero attached hydrogens (tertiary/aromatic N) is 1. The van der Waals surface area contributed by atoms with E-state index < -0.39 is 10.0 Å². The van der Waals surface area contributed by atoms with Crippen molar-refractivity contribution in [3.8, 4) is 0 Å². The van der Waals surface area contributed by atoms with Crippen LogP contribution in [0.2, 0.25) is 0 Å². The van der Waals surface area contributed by atoms with Gasteiger partial charge in [-0.2, -0.15) is 4.31 Å². The van der Waals surface area contributed by atoms with E-state index in [1.807, 2.05) is 57.2 Å². The summed E-state index contributed by atoms with van der Waals surface area (Å²) in [5.41, 5.74) is 4.51. The zero-order valence-electron chi connectivity index (χ0n) is 18.5. The molecule has 0 aliphatic carbocycles. The van der Waals surface area contributed by atoms with Crippen molar-refractivity contribution in [2.45, 2.75) is 58.3 Å². The molecular weight excluding hydrogens is 396 g/mol. The maximum absolute atomic E-state index is 13.4. The third-order valence-electron chi connectivity index (χ3n) is 5.80. The molecule has 3 rings (SSSR count). The van der Waals surface area contributed by atoms with Crippen LogP contribution in [0.1, 0.15) is 54.9 Å². The molecule has 5 nitrogen and oxygen atoms in total. The molecule has 0 bridgehead atoms. The van der Waals surface area contributed by atoms with Gasteiger partial charge in [-0.1, -0.05) is 43.7 Å². The summed E-state index contributed by atoms with van der Waals surface area (Å²) in [6, 6.07) is 11.6. The Morgan fingerprint density at radius 2 is 1.67 bits per heavy atom. The molecule has 0 spiro atoms. The van der Waals surface area contributed by atoms with Gasteiger partial charge in [0.2, 0.25) is 15.9 Å². The van der Waals surface area contributed by atoms with E-state index in [0.717, 1.165) is 22.4 Å². The summed E-state index contributed by atoms with van der Waals surface area (Å²) >= 11 is 0. The first kappa shape index (κ1) is 22.5. The summed E-state index contributed by atoms with van der Waals surface area (Å²) in [5.74, 6) is -0.0468. The minimum atomic E-state index is -3.64. The molecule has 0 aromatic heterocycles. The first-order valence-electron chi connectivity index (χ1n) is 10.6. The maximum atomic E-state index is 13.4. The molecule has 1 N–H and O–H groups in total. The lowest BCUT2D eigenvalue weighted by atomic mass is 9.98. The van der Waals surface area contributed by atoms with E-state index in [-0.39, 0.29) is 18.4 Å². The molecule has 0 radical (unpaired) electrons. The summed E-state index contributed by atoms with van der Waals surface area (Å²) in [6.45, 7) is 10.5. The third-order valence-corrected chi connectivity index (χ3v) is 7.97. The van der Waals surface area contributed by atoms with Gasteiger partial charge in [-0.15, -0.1) is 0 Å². The monoisotopic (exact) mass is 428 g/mol. The topological polar surface area (TPSA) is 66.5 Å². The Labute approximate surface area is 180 Å². The lowest BCUT2D eigenvalue weighted by Crippen LogP contribution is -2.44. The van der Waals surface area contributed by atoms with Crippen molar-refractivity contribution in [2.75, 3.05) is 18.4 Å². The molecular formula is C24H32N2O3S. The van der Waals surface area contributed by atoms with Crippen LogP contribution in [0.25, 0.3) is 0 Å². The third kappa shape index (κ3) is 4.76. The van der Waals surface area contributed by atoms with Crippen LogP contribution in [-0.2, 0) is 14.8 Å². The summed E-state index contributed by atoms with van der Waals surface area (Å²) < 4.78 is 28.2. The Morgan fingerprint density at radius 1 is 1.07 bits per heavy atom. The molecule has 1 aliphatic rings. The zero-order chi connectivity index (χ0) is 22.1. The number of anilines is 1. The Morgan fingerprint density at radius 3 is 2.23 bits per heavy atom. The lowest BCUT2D eigenvalue weighted by Gasteiger charge is -2.32. The van der Waals surface area contributed by atoms with Crippen LogP contribution in [0.4, 0.5) is 5.69 Å². The van der Waals surface area contributed by atoms with Gasteiger partial charge >= 0.3 is 0 Å². The average molecular weight is 429 g/mol. The van der Waals surface area contributed by atoms with Crippen LogP contribution in [0.5, 0.6) is 0 Å². The van der Waals surface area contributed by atoms with Crippen molar-refractivity contribution in [1.29, 1.82) is 0 Å². The molecule has 1 aliphatic heterocycles. The minimum absolute atomic E-state index is 0.121. The predicted octanol–water partition coefficient (Wildman–Crippen LogP) is 4.77. The van der Waals surface area contributed by atoms with Crippen molar-refractivity contribution >= 4 is 21.6 Å². The number of rotatable bonds is 5. The molecule has 1 saturated heterocycles. The van der Waals surface area contributed by atoms with E-state index in [1.54, 1.807) is 0 Å². The summed E-state index contributed by atoms with van der Waals surface area (Å²) in [5, 5.41) is 2.96. The SMILES string of the molecule is Cc1cc(C)c(S(=O)(=O)N2CCC[C@@H](C(=O)Nc3ccc(C(C)C)cc3)C2)c(C)c1. The quantitative estimate of drug-likeness (QED) is 0.746. The Bertz CT molecular complexity index is 1000. The molecule has 0 unspecified atom stereocenters. The van der Waals surface area contributed by atoms with Crippen molar-refractivity contribution in [3.05, 3.63) is 58.7 Å². The Hall–Kier alpha value is -2.18. The van der Waals surface area contributed by atoms with Crippen LogP contribution < -0.4 is 5.32 Å². The Kier molecular flexibility index (Phi) is 6.68. The van der Waals surface area contributed by atoms with Crippen molar-refractivity contribution < 1.29 is 13.2 Å². The molecule has 1 fully saturated rings. The molecule has 1 atom stereocenters. The van der Waals surface area contributed by atoms with Gasteiger partial charge in [0.25, 0.3) is 0 Å². The van der Waals surface area contributed by atoms with Crippen LogP contribution in [0.3, 0.4) is 0 Å². The number of piperidine rings is 1. The molecule has 30 heavy (non-hydrogen) atoms. The maximum Gasteiger partial charge on any atom is 0.243 e. The van der Waals surface area contributed by atoms with Gasteiger partial charge in [-0.25, -0.2) is 8.42 Å². The fourth-order valence-corrected chi connectivity index (χ4v) is 6.21. The highest BCUT2D eigenvalue weighted by Crippen LogP contribution is 2.29. The highest BCUT2D eigenvalue weighted by molar-refractivity contribution is 7.89. The Balaban J connectivity index is 1.75. The summed E-state index contributed by atoms with van der Waals surface area (Å²) in [4.78, 5) is 13.2. The number of hydrogen-bond acceptors (Lipinski definition) is 3. The summed E-state index contributed by atoms with van der Waals surface area (Å²) in [6.07, 6.45) is 1.36. The number of amides is 1. The first-order valence-corrected chi connectivity index (χ1v) is 12.0. The number of carbonyl (C=O) groups excluding carboxylic acids is 1. The fourth-order valence-electron chi connectivity index (χ4n) is 4.27. The minimum Gasteiger partial charge on any atom is -0.326 e. The van der Waals surface area contributed by atoms with E-state index in [4.69, 9.17) is 0 Å². The molecule has 1 amide bonds. The van der Waals surface area contributed by atoms with E-state index >= 15 is 0 Å². The second-order valence-electron chi connectivity index (χ2n) is 8.70. The largest absolute Gasteiger partial charge is 0.326 e. The number of nitrogens with one attached hydrogen (secondary N) is 1. The summed E-state index contributed by atoms with van der Waals surface area (Å²) in [7, 11) is -3.64. The van der Waals surface area contributed by atoms with Gasteiger partial charge < -0.3 is 5.32 Å². The number of hydrogen-bond donors (Lipinski definition) is 1. The fraction of sp³-hybridized carbons (Fsp3) is 0.458. The number of aryl methyl sites for hydroxylation is 3. The predicted molar refractivity (Wildman–Crippen MR) is 121 cm³/mol. The van der Waals surface area contributed by atoms with Gasteiger partial charge in [0.15, 0.2) is 0 Å². The van der Waals surface area contributed by atoms with E-state index in [9.17, 15) is 13.2 Å².